The molecular weight excluding hydrogens is 275 g/mol. The SMILES string of the molecule is CC(CC#N)NC(=O)c1ccc(F)cc1Br. The van der Waals surface area contributed by atoms with Crippen LogP contribution in [0.15, 0.2) is 22.7 Å². The third-order valence-corrected chi connectivity index (χ3v) is 2.61. The largest absolute Gasteiger partial charge is 0.349 e. The molecule has 0 saturated carbocycles. The quantitative estimate of drug-likeness (QED) is 0.928. The number of carbonyl (C=O) groups is 1. The van der Waals surface area contributed by atoms with E-state index in [2.05, 4.69) is 21.2 Å². The van der Waals surface area contributed by atoms with Crippen LogP contribution in [0.2, 0.25) is 0 Å². The molecule has 5 heteroatoms. The first-order valence-electron chi connectivity index (χ1n) is 4.67. The Morgan fingerprint density at radius 2 is 2.38 bits per heavy atom. The van der Waals surface area contributed by atoms with Gasteiger partial charge in [0.2, 0.25) is 0 Å². The number of nitrogens with one attached hydrogen (secondary N) is 1. The summed E-state index contributed by atoms with van der Waals surface area (Å²) in [4.78, 5) is 11.7. The Hall–Kier alpha value is -1.41. The third kappa shape index (κ3) is 3.31. The lowest BCUT2D eigenvalue weighted by atomic mass is 10.2. The summed E-state index contributed by atoms with van der Waals surface area (Å²) in [6.07, 6.45) is 0.241. The average molecular weight is 285 g/mol. The zero-order valence-electron chi connectivity index (χ0n) is 8.63. The van der Waals surface area contributed by atoms with Crippen LogP contribution in [-0.2, 0) is 0 Å². The monoisotopic (exact) mass is 284 g/mol. The summed E-state index contributed by atoms with van der Waals surface area (Å²) in [5.74, 6) is -0.733. The van der Waals surface area contributed by atoms with Crippen molar-refractivity contribution >= 4 is 21.8 Å². The molecule has 1 unspecified atom stereocenters. The minimum atomic E-state index is -0.409. The Bertz CT molecular complexity index is 442. The van der Waals surface area contributed by atoms with Crippen LogP contribution in [0.3, 0.4) is 0 Å². The van der Waals surface area contributed by atoms with Gasteiger partial charge in [-0.15, -0.1) is 0 Å². The minimum absolute atomic E-state index is 0.227. The maximum Gasteiger partial charge on any atom is 0.252 e. The fourth-order valence-corrected chi connectivity index (χ4v) is 1.69. The van der Waals surface area contributed by atoms with E-state index in [0.717, 1.165) is 0 Å². The van der Waals surface area contributed by atoms with Crippen molar-refractivity contribution in [2.45, 2.75) is 19.4 Å². The highest BCUT2D eigenvalue weighted by atomic mass is 79.9. The number of benzene rings is 1. The molecule has 0 aliphatic heterocycles. The minimum Gasteiger partial charge on any atom is -0.349 e. The molecule has 0 radical (unpaired) electrons. The van der Waals surface area contributed by atoms with Gasteiger partial charge in [0.25, 0.3) is 5.91 Å². The number of hydrogen-bond donors (Lipinski definition) is 1. The number of nitriles is 1. The Morgan fingerprint density at radius 3 is 2.94 bits per heavy atom. The van der Waals surface area contributed by atoms with Crippen molar-refractivity contribution in [1.29, 1.82) is 5.26 Å². The van der Waals surface area contributed by atoms with E-state index in [4.69, 9.17) is 5.26 Å². The first-order valence-corrected chi connectivity index (χ1v) is 5.46. The predicted molar refractivity (Wildman–Crippen MR) is 61.3 cm³/mol. The van der Waals surface area contributed by atoms with Crippen LogP contribution in [-0.4, -0.2) is 11.9 Å². The van der Waals surface area contributed by atoms with Crippen LogP contribution >= 0.6 is 15.9 Å². The van der Waals surface area contributed by atoms with Crippen LogP contribution in [0.5, 0.6) is 0 Å². The van der Waals surface area contributed by atoms with Gasteiger partial charge in [0.1, 0.15) is 5.82 Å². The molecule has 1 N–H and O–H groups in total. The van der Waals surface area contributed by atoms with E-state index in [0.29, 0.717) is 10.0 Å². The highest BCUT2D eigenvalue weighted by molar-refractivity contribution is 9.10. The molecule has 0 aliphatic carbocycles. The number of rotatable bonds is 3. The fraction of sp³-hybridized carbons (Fsp3) is 0.273. The molecule has 0 spiro atoms. The van der Waals surface area contributed by atoms with Crippen molar-refractivity contribution < 1.29 is 9.18 Å². The molecule has 84 valence electrons. The molecule has 0 saturated heterocycles. The van der Waals surface area contributed by atoms with E-state index in [1.54, 1.807) is 6.92 Å². The van der Waals surface area contributed by atoms with Gasteiger partial charge in [-0.3, -0.25) is 4.79 Å². The maximum atomic E-state index is 12.8. The summed E-state index contributed by atoms with van der Waals surface area (Å²) in [6, 6.07) is 5.57. The van der Waals surface area contributed by atoms with Gasteiger partial charge in [-0.25, -0.2) is 4.39 Å². The van der Waals surface area contributed by atoms with Gasteiger partial charge >= 0.3 is 0 Å². The second-order valence-corrected chi connectivity index (χ2v) is 4.22. The van der Waals surface area contributed by atoms with Crippen LogP contribution in [0.1, 0.15) is 23.7 Å². The number of halogens is 2. The van der Waals surface area contributed by atoms with Crippen molar-refractivity contribution in [3.05, 3.63) is 34.1 Å². The Kier molecular flexibility index (Phi) is 4.44. The van der Waals surface area contributed by atoms with Crippen LogP contribution < -0.4 is 5.32 Å². The summed E-state index contributed by atoms with van der Waals surface area (Å²) >= 11 is 3.11. The van der Waals surface area contributed by atoms with Gasteiger partial charge in [-0.2, -0.15) is 5.26 Å². The fourth-order valence-electron chi connectivity index (χ4n) is 1.16. The highest BCUT2D eigenvalue weighted by Gasteiger charge is 2.12. The molecule has 1 atom stereocenters. The van der Waals surface area contributed by atoms with Crippen molar-refractivity contribution in [2.75, 3.05) is 0 Å². The second-order valence-electron chi connectivity index (χ2n) is 3.36. The van der Waals surface area contributed by atoms with E-state index in [9.17, 15) is 9.18 Å². The summed E-state index contributed by atoms with van der Waals surface area (Å²) in [7, 11) is 0. The molecule has 1 aromatic carbocycles. The maximum absolute atomic E-state index is 12.8. The van der Waals surface area contributed by atoms with Gasteiger partial charge in [0.15, 0.2) is 0 Å². The Morgan fingerprint density at radius 1 is 1.69 bits per heavy atom. The molecule has 3 nitrogen and oxygen atoms in total. The zero-order valence-corrected chi connectivity index (χ0v) is 10.2. The number of amides is 1. The van der Waals surface area contributed by atoms with E-state index < -0.39 is 5.82 Å². The summed E-state index contributed by atoms with van der Waals surface area (Å²) in [5, 5.41) is 11.1. The van der Waals surface area contributed by atoms with E-state index >= 15 is 0 Å². The molecule has 0 heterocycles. The standard InChI is InChI=1S/C11H10BrFN2O/c1-7(4-5-14)15-11(16)9-3-2-8(13)6-10(9)12/h2-3,6-7H,4H2,1H3,(H,15,16). The summed E-state index contributed by atoms with van der Waals surface area (Å²) < 4.78 is 13.2. The lowest BCUT2D eigenvalue weighted by Gasteiger charge is -2.11. The normalized spacial score (nSPS) is 11.6. The molecule has 16 heavy (non-hydrogen) atoms. The highest BCUT2D eigenvalue weighted by Crippen LogP contribution is 2.18. The average Bonchev–Trinajstić information content (AvgIpc) is 2.17. The first-order chi connectivity index (χ1) is 7.54. The van der Waals surface area contributed by atoms with Gasteiger partial charge < -0.3 is 5.32 Å². The van der Waals surface area contributed by atoms with E-state index in [1.165, 1.54) is 18.2 Å². The molecule has 1 rings (SSSR count). The molecular formula is C11H10BrFN2O. The predicted octanol–water partition coefficient (Wildman–Crippen LogP) is 2.62. The van der Waals surface area contributed by atoms with E-state index in [1.807, 2.05) is 6.07 Å². The first kappa shape index (κ1) is 12.7. The van der Waals surface area contributed by atoms with Crippen molar-refractivity contribution in [3.63, 3.8) is 0 Å². The lowest BCUT2D eigenvalue weighted by molar-refractivity contribution is 0.0940. The Balaban J connectivity index is 2.78. The summed E-state index contributed by atoms with van der Waals surface area (Å²) in [5.41, 5.74) is 0.353. The molecule has 0 aliphatic rings. The van der Waals surface area contributed by atoms with Gasteiger partial charge in [-0.1, -0.05) is 0 Å². The molecule has 1 aromatic rings. The second kappa shape index (κ2) is 5.61. The van der Waals surface area contributed by atoms with Crippen LogP contribution in [0.4, 0.5) is 4.39 Å². The molecule has 0 bridgehead atoms. The van der Waals surface area contributed by atoms with Crippen molar-refractivity contribution in [2.24, 2.45) is 0 Å². The third-order valence-electron chi connectivity index (χ3n) is 1.95. The molecule has 0 fully saturated rings. The van der Waals surface area contributed by atoms with Crippen LogP contribution in [0.25, 0.3) is 0 Å². The van der Waals surface area contributed by atoms with Gasteiger partial charge in [0, 0.05) is 10.5 Å². The van der Waals surface area contributed by atoms with Gasteiger partial charge in [-0.05, 0) is 41.1 Å². The molecule has 0 aromatic heterocycles. The Labute approximate surface area is 101 Å². The van der Waals surface area contributed by atoms with Gasteiger partial charge in [0.05, 0.1) is 18.1 Å². The van der Waals surface area contributed by atoms with Crippen molar-refractivity contribution in [3.8, 4) is 6.07 Å². The topological polar surface area (TPSA) is 52.9 Å². The number of nitrogens with zero attached hydrogens (tertiary/aromatic N) is 1. The number of hydrogen-bond acceptors (Lipinski definition) is 2. The summed E-state index contributed by atoms with van der Waals surface area (Å²) in [6.45, 7) is 1.73. The number of carbonyl (C=O) groups excluding carboxylic acids is 1. The lowest BCUT2D eigenvalue weighted by Crippen LogP contribution is -2.32. The van der Waals surface area contributed by atoms with Crippen molar-refractivity contribution in [1.82, 2.24) is 5.32 Å². The zero-order chi connectivity index (χ0) is 12.1. The molecule has 1 amide bonds. The van der Waals surface area contributed by atoms with E-state index in [-0.39, 0.29) is 18.4 Å². The smallest absolute Gasteiger partial charge is 0.252 e. The van der Waals surface area contributed by atoms with Crippen LogP contribution in [0, 0.1) is 17.1 Å².